The lowest BCUT2D eigenvalue weighted by molar-refractivity contribution is 0.669. The Kier molecular flexibility index (Phi) is 8.78. The van der Waals surface area contributed by atoms with Gasteiger partial charge in [-0.05, 0) is 163 Å². The smallest absolute Gasteiger partial charge is 0.136 e. The molecule has 0 spiro atoms. The molecular formula is C72H42O2. The van der Waals surface area contributed by atoms with Crippen LogP contribution in [0.5, 0.6) is 0 Å². The summed E-state index contributed by atoms with van der Waals surface area (Å²) in [6, 6.07) is 93.1. The summed E-state index contributed by atoms with van der Waals surface area (Å²) < 4.78 is 13.3. The van der Waals surface area contributed by atoms with Gasteiger partial charge in [0.2, 0.25) is 0 Å². The van der Waals surface area contributed by atoms with E-state index in [9.17, 15) is 0 Å². The molecule has 2 aromatic heterocycles. The van der Waals surface area contributed by atoms with Crippen LogP contribution in [0.15, 0.2) is 264 Å². The zero-order valence-corrected chi connectivity index (χ0v) is 40.1. The maximum absolute atomic E-state index is 6.85. The van der Waals surface area contributed by atoms with Gasteiger partial charge in [0.25, 0.3) is 0 Å². The van der Waals surface area contributed by atoms with Gasteiger partial charge in [-0.1, -0.05) is 212 Å². The zero-order valence-electron chi connectivity index (χ0n) is 40.1. The molecule has 16 aromatic rings. The molecule has 0 aliphatic heterocycles. The number of fused-ring (bicyclic) bond motifs is 12. The van der Waals surface area contributed by atoms with E-state index in [4.69, 9.17) is 8.83 Å². The largest absolute Gasteiger partial charge is 0.456 e. The van der Waals surface area contributed by atoms with E-state index >= 15 is 0 Å². The monoisotopic (exact) mass is 938 g/mol. The lowest BCUT2D eigenvalue weighted by Crippen LogP contribution is -1.93. The summed E-state index contributed by atoms with van der Waals surface area (Å²) in [6.07, 6.45) is 0. The summed E-state index contributed by atoms with van der Waals surface area (Å²) in [6.45, 7) is 0. The van der Waals surface area contributed by atoms with Gasteiger partial charge in [-0.3, -0.25) is 0 Å². The second-order valence-electron chi connectivity index (χ2n) is 19.8. The molecule has 16 rings (SSSR count). The van der Waals surface area contributed by atoms with Crippen molar-refractivity contribution in [2.24, 2.45) is 0 Å². The van der Waals surface area contributed by atoms with E-state index in [1.54, 1.807) is 0 Å². The topological polar surface area (TPSA) is 26.3 Å². The lowest BCUT2D eigenvalue weighted by atomic mass is 9.83. The molecule has 0 saturated carbocycles. The van der Waals surface area contributed by atoms with Crippen LogP contribution < -0.4 is 0 Å². The molecule has 2 heterocycles. The Balaban J connectivity index is 0.913. The van der Waals surface area contributed by atoms with Crippen LogP contribution >= 0.6 is 0 Å². The molecule has 0 saturated heterocycles. The van der Waals surface area contributed by atoms with Crippen LogP contribution in [0.2, 0.25) is 0 Å². The normalized spacial score (nSPS) is 12.1. The second-order valence-corrected chi connectivity index (χ2v) is 19.8. The molecule has 0 N–H and O–H groups in total. The molecule has 0 aliphatic carbocycles. The first kappa shape index (κ1) is 40.9. The van der Waals surface area contributed by atoms with E-state index in [0.717, 1.165) is 60.6 Å². The van der Waals surface area contributed by atoms with Gasteiger partial charge in [-0.25, -0.2) is 0 Å². The van der Waals surface area contributed by atoms with Crippen LogP contribution in [0.1, 0.15) is 0 Å². The average Bonchev–Trinajstić information content (AvgIpc) is 4.07. The van der Waals surface area contributed by atoms with Gasteiger partial charge < -0.3 is 8.83 Å². The van der Waals surface area contributed by atoms with E-state index in [2.05, 4.69) is 255 Å². The van der Waals surface area contributed by atoms with Crippen LogP contribution in [-0.4, -0.2) is 0 Å². The van der Waals surface area contributed by atoms with Crippen LogP contribution in [0, 0.1) is 0 Å². The van der Waals surface area contributed by atoms with E-state index < -0.39 is 0 Å². The molecule has 0 bridgehead atoms. The standard InChI is InChI=1S/C72H42O2/c1-2-17-43(18-3-1)48-35-36-59(50-22-7-6-21-49(48)50)70-55-27-12-14-29-57(55)71(58-30-15-13-28-56(58)70)60-31-16-32-66-72(60)63-41-47(34-38-65(63)73-66)69-53-25-10-8-23-51(53)68(52-24-9-11-26-54(52)69)46-33-37-64-61(40-46)62-39-44-19-4-5-20-45(44)42-67(62)74-64/h1-42H. The summed E-state index contributed by atoms with van der Waals surface area (Å²) in [7, 11) is 0. The summed E-state index contributed by atoms with van der Waals surface area (Å²) >= 11 is 0. The van der Waals surface area contributed by atoms with E-state index in [1.165, 1.54) is 104 Å². The minimum absolute atomic E-state index is 0.866. The molecule has 0 amide bonds. The Morgan fingerprint density at radius 1 is 0.189 bits per heavy atom. The van der Waals surface area contributed by atoms with Crippen molar-refractivity contribution in [3.05, 3.63) is 255 Å². The zero-order chi connectivity index (χ0) is 48.4. The molecule has 342 valence electrons. The molecular weight excluding hydrogens is 897 g/mol. The van der Waals surface area contributed by atoms with Crippen molar-refractivity contribution in [3.8, 4) is 55.6 Å². The Hall–Kier alpha value is -9.76. The second kappa shape index (κ2) is 15.9. The third-order valence-electron chi connectivity index (χ3n) is 15.8. The Labute approximate surface area is 425 Å². The van der Waals surface area contributed by atoms with Crippen LogP contribution in [0.3, 0.4) is 0 Å². The Morgan fingerprint density at radius 3 is 1.19 bits per heavy atom. The summed E-state index contributed by atoms with van der Waals surface area (Å²) in [4.78, 5) is 0. The van der Waals surface area contributed by atoms with Crippen molar-refractivity contribution in [2.45, 2.75) is 0 Å². The lowest BCUT2D eigenvalue weighted by Gasteiger charge is -2.20. The number of hydrogen-bond donors (Lipinski definition) is 0. The van der Waals surface area contributed by atoms with Gasteiger partial charge in [0.05, 0.1) is 0 Å². The summed E-state index contributed by atoms with van der Waals surface area (Å²) in [5.41, 5.74) is 15.6. The van der Waals surface area contributed by atoms with Crippen LogP contribution in [0.25, 0.3) is 164 Å². The number of benzene rings is 14. The molecule has 0 radical (unpaired) electrons. The SMILES string of the molecule is c1ccc(-c2ccc(-c3c4ccccc4c(-c4cccc5oc6ccc(-c7c8ccccc8c(-c8ccc9oc%10cc%11ccccc%11cc%10c9c8)c8ccccc78)cc6c45)c4ccccc34)c3ccccc23)cc1. The molecule has 0 unspecified atom stereocenters. The first-order chi connectivity index (χ1) is 36.7. The molecule has 2 nitrogen and oxygen atoms in total. The highest BCUT2D eigenvalue weighted by atomic mass is 16.3. The molecule has 0 fully saturated rings. The number of rotatable bonds is 5. The predicted octanol–water partition coefficient (Wildman–Crippen LogP) is 20.7. The van der Waals surface area contributed by atoms with E-state index in [-0.39, 0.29) is 0 Å². The predicted molar refractivity (Wildman–Crippen MR) is 313 cm³/mol. The van der Waals surface area contributed by atoms with Crippen LogP contribution in [-0.2, 0) is 0 Å². The van der Waals surface area contributed by atoms with Gasteiger partial charge in [0.1, 0.15) is 22.3 Å². The highest BCUT2D eigenvalue weighted by Crippen LogP contribution is 2.51. The highest BCUT2D eigenvalue weighted by molar-refractivity contribution is 6.28. The molecule has 0 aliphatic rings. The number of hydrogen-bond acceptors (Lipinski definition) is 2. The van der Waals surface area contributed by atoms with Crippen molar-refractivity contribution in [2.75, 3.05) is 0 Å². The molecule has 74 heavy (non-hydrogen) atoms. The third kappa shape index (κ3) is 6.00. The van der Waals surface area contributed by atoms with Gasteiger partial charge in [-0.2, -0.15) is 0 Å². The van der Waals surface area contributed by atoms with Crippen LogP contribution in [0.4, 0.5) is 0 Å². The van der Waals surface area contributed by atoms with Crippen molar-refractivity contribution < 1.29 is 8.83 Å². The quantitative estimate of drug-likeness (QED) is 0.161. The maximum Gasteiger partial charge on any atom is 0.136 e. The minimum Gasteiger partial charge on any atom is -0.456 e. The molecule has 0 atom stereocenters. The first-order valence-electron chi connectivity index (χ1n) is 25.5. The highest BCUT2D eigenvalue weighted by Gasteiger charge is 2.24. The summed E-state index contributed by atoms with van der Waals surface area (Å²) in [5.74, 6) is 0. The van der Waals surface area contributed by atoms with Crippen molar-refractivity contribution >= 4 is 109 Å². The van der Waals surface area contributed by atoms with Gasteiger partial charge >= 0.3 is 0 Å². The maximum atomic E-state index is 6.85. The third-order valence-corrected chi connectivity index (χ3v) is 15.8. The van der Waals surface area contributed by atoms with Gasteiger partial charge in [-0.15, -0.1) is 0 Å². The molecule has 2 heteroatoms. The number of furan rings is 2. The fourth-order valence-electron chi connectivity index (χ4n) is 12.7. The Bertz CT molecular complexity index is 4900. The van der Waals surface area contributed by atoms with Gasteiger partial charge in [0.15, 0.2) is 0 Å². The molecule has 14 aromatic carbocycles. The Morgan fingerprint density at radius 2 is 0.608 bits per heavy atom. The summed E-state index contributed by atoms with van der Waals surface area (Å²) in [5, 5.41) is 19.0. The van der Waals surface area contributed by atoms with Crippen molar-refractivity contribution in [1.29, 1.82) is 0 Å². The van der Waals surface area contributed by atoms with Crippen molar-refractivity contribution in [3.63, 3.8) is 0 Å². The fourth-order valence-corrected chi connectivity index (χ4v) is 12.7. The first-order valence-corrected chi connectivity index (χ1v) is 25.5. The van der Waals surface area contributed by atoms with E-state index in [1.807, 2.05) is 0 Å². The van der Waals surface area contributed by atoms with Gasteiger partial charge in [0, 0.05) is 21.5 Å². The van der Waals surface area contributed by atoms with Crippen molar-refractivity contribution in [1.82, 2.24) is 0 Å². The fraction of sp³-hybridized carbons (Fsp3) is 0. The average molecular weight is 939 g/mol. The minimum atomic E-state index is 0.866. The van der Waals surface area contributed by atoms with E-state index in [0.29, 0.717) is 0 Å².